The number of hydrogen-bond acceptors (Lipinski definition) is 3. The molecule has 5 heteroatoms. The Hall–Kier alpha value is -1.23. The second kappa shape index (κ2) is 6.00. The minimum absolute atomic E-state index is 0.172. The third kappa shape index (κ3) is 2.84. The topological polar surface area (TPSA) is 15.3 Å². The van der Waals surface area contributed by atoms with Crippen LogP contribution in [0.5, 0.6) is 0 Å². The number of nitrogens with zero attached hydrogens (tertiary/aromatic N) is 1. The first kappa shape index (κ1) is 15.3. The van der Waals surface area contributed by atoms with E-state index >= 15 is 0 Å². The third-order valence-corrected chi connectivity index (χ3v) is 6.06. The number of hydrogen-bond donors (Lipinski definition) is 1. The van der Waals surface area contributed by atoms with Gasteiger partial charge in [-0.1, -0.05) is 35.5 Å². The standard InChI is InChI=1S/C18H18ClFN2S/c1-22-8-7-16-13(10-22)12-3-2-4-17(18(12)21-16)23-11-5-6-15(20)14(19)9-11/h2-6,9,13,16,21H,7-8,10H2,1H3. The Bertz CT molecular complexity index is 752. The highest BCUT2D eigenvalue weighted by atomic mass is 35.5. The number of halogens is 2. The molecule has 2 aromatic carbocycles. The lowest BCUT2D eigenvalue weighted by atomic mass is 9.90. The van der Waals surface area contributed by atoms with E-state index in [9.17, 15) is 4.39 Å². The second-order valence-electron chi connectivity index (χ2n) is 6.31. The number of piperidine rings is 1. The van der Waals surface area contributed by atoms with Gasteiger partial charge in [-0.15, -0.1) is 0 Å². The predicted octanol–water partition coefficient (Wildman–Crippen LogP) is 4.84. The third-order valence-electron chi connectivity index (χ3n) is 4.72. The number of fused-ring (bicyclic) bond motifs is 3. The molecule has 4 rings (SSSR count). The maximum Gasteiger partial charge on any atom is 0.141 e. The highest BCUT2D eigenvalue weighted by Crippen LogP contribution is 2.46. The van der Waals surface area contributed by atoms with Gasteiger partial charge in [-0.05, 0) is 49.8 Å². The van der Waals surface area contributed by atoms with E-state index in [4.69, 9.17) is 11.6 Å². The maximum atomic E-state index is 13.3. The first-order chi connectivity index (χ1) is 11.1. The maximum absolute atomic E-state index is 13.3. The highest BCUT2D eigenvalue weighted by Gasteiger charge is 2.36. The normalized spacial score (nSPS) is 23.3. The summed E-state index contributed by atoms with van der Waals surface area (Å²) in [6.45, 7) is 2.24. The molecule has 1 saturated heterocycles. The van der Waals surface area contributed by atoms with Gasteiger partial charge in [-0.2, -0.15) is 0 Å². The largest absolute Gasteiger partial charge is 0.380 e. The fourth-order valence-electron chi connectivity index (χ4n) is 3.55. The Labute approximate surface area is 145 Å². The SMILES string of the molecule is CN1CCC2Nc3c(Sc4ccc(F)c(Cl)c4)cccc3C2C1. The molecule has 2 aromatic rings. The molecule has 1 fully saturated rings. The average Bonchev–Trinajstić information content (AvgIpc) is 2.90. The van der Waals surface area contributed by atoms with Crippen molar-refractivity contribution in [3.8, 4) is 0 Å². The van der Waals surface area contributed by atoms with Gasteiger partial charge in [0, 0.05) is 28.3 Å². The molecule has 2 unspecified atom stereocenters. The Kier molecular flexibility index (Phi) is 4.00. The van der Waals surface area contributed by atoms with E-state index < -0.39 is 0 Å². The van der Waals surface area contributed by atoms with Crippen molar-refractivity contribution in [1.29, 1.82) is 0 Å². The number of nitrogens with one attached hydrogen (secondary N) is 1. The lowest BCUT2D eigenvalue weighted by Crippen LogP contribution is -2.39. The van der Waals surface area contributed by atoms with Crippen LogP contribution in [0.1, 0.15) is 17.9 Å². The minimum Gasteiger partial charge on any atom is -0.380 e. The molecule has 1 N–H and O–H groups in total. The summed E-state index contributed by atoms with van der Waals surface area (Å²) in [5.41, 5.74) is 2.64. The number of likely N-dealkylation sites (N-methyl/N-ethyl adjacent to an activating group) is 1. The summed E-state index contributed by atoms with van der Waals surface area (Å²) in [7, 11) is 2.19. The summed E-state index contributed by atoms with van der Waals surface area (Å²) >= 11 is 7.54. The quantitative estimate of drug-likeness (QED) is 0.835. The molecule has 0 saturated carbocycles. The van der Waals surface area contributed by atoms with Gasteiger partial charge < -0.3 is 10.2 Å². The Balaban J connectivity index is 1.65. The Morgan fingerprint density at radius 2 is 2.17 bits per heavy atom. The zero-order valence-electron chi connectivity index (χ0n) is 12.9. The van der Waals surface area contributed by atoms with Gasteiger partial charge in [0.2, 0.25) is 0 Å². The van der Waals surface area contributed by atoms with Crippen molar-refractivity contribution >= 4 is 29.1 Å². The summed E-state index contributed by atoms with van der Waals surface area (Å²) < 4.78 is 13.3. The minimum atomic E-state index is -0.374. The van der Waals surface area contributed by atoms with Crippen LogP contribution in [0.3, 0.4) is 0 Å². The van der Waals surface area contributed by atoms with Crippen LogP contribution >= 0.6 is 23.4 Å². The van der Waals surface area contributed by atoms with Crippen LogP contribution in [0.2, 0.25) is 5.02 Å². The van der Waals surface area contributed by atoms with Gasteiger partial charge in [0.1, 0.15) is 5.82 Å². The lowest BCUT2D eigenvalue weighted by molar-refractivity contribution is 0.243. The molecule has 0 amide bonds. The van der Waals surface area contributed by atoms with Crippen molar-refractivity contribution in [2.75, 3.05) is 25.5 Å². The van der Waals surface area contributed by atoms with Crippen LogP contribution in [-0.4, -0.2) is 31.1 Å². The van der Waals surface area contributed by atoms with Crippen molar-refractivity contribution in [2.24, 2.45) is 0 Å². The molecular formula is C18H18ClFN2S. The van der Waals surface area contributed by atoms with Crippen LogP contribution in [0.25, 0.3) is 0 Å². The molecule has 2 aliphatic heterocycles. The van der Waals surface area contributed by atoms with E-state index in [0.29, 0.717) is 12.0 Å². The zero-order chi connectivity index (χ0) is 16.0. The van der Waals surface area contributed by atoms with Crippen molar-refractivity contribution < 1.29 is 4.39 Å². The summed E-state index contributed by atoms with van der Waals surface area (Å²) in [6, 6.07) is 11.9. The zero-order valence-corrected chi connectivity index (χ0v) is 14.4. The van der Waals surface area contributed by atoms with Gasteiger partial charge in [0.05, 0.1) is 10.7 Å². The van der Waals surface area contributed by atoms with E-state index in [1.165, 1.54) is 28.6 Å². The molecule has 120 valence electrons. The number of para-hydroxylation sites is 1. The van der Waals surface area contributed by atoms with E-state index in [-0.39, 0.29) is 10.8 Å². The molecule has 0 aliphatic carbocycles. The summed E-state index contributed by atoms with van der Waals surface area (Å²) in [6.07, 6.45) is 1.17. The molecule has 2 atom stereocenters. The Morgan fingerprint density at radius 1 is 1.30 bits per heavy atom. The highest BCUT2D eigenvalue weighted by molar-refractivity contribution is 7.99. The van der Waals surface area contributed by atoms with Crippen LogP contribution in [0, 0.1) is 5.82 Å². The molecular weight excluding hydrogens is 331 g/mol. The summed E-state index contributed by atoms with van der Waals surface area (Å²) in [5, 5.41) is 3.89. The molecule has 2 aliphatic rings. The molecule has 0 aromatic heterocycles. The van der Waals surface area contributed by atoms with Crippen LogP contribution in [0.15, 0.2) is 46.2 Å². The number of rotatable bonds is 2. The molecule has 0 radical (unpaired) electrons. The van der Waals surface area contributed by atoms with Crippen LogP contribution < -0.4 is 5.32 Å². The molecule has 2 heterocycles. The van der Waals surface area contributed by atoms with Gasteiger partial charge in [-0.25, -0.2) is 4.39 Å². The monoisotopic (exact) mass is 348 g/mol. The molecule has 2 nitrogen and oxygen atoms in total. The summed E-state index contributed by atoms with van der Waals surface area (Å²) in [4.78, 5) is 4.54. The number of anilines is 1. The van der Waals surface area contributed by atoms with Crippen molar-refractivity contribution in [2.45, 2.75) is 28.2 Å². The van der Waals surface area contributed by atoms with Crippen molar-refractivity contribution in [3.63, 3.8) is 0 Å². The van der Waals surface area contributed by atoms with Gasteiger partial charge >= 0.3 is 0 Å². The first-order valence-corrected chi connectivity index (χ1v) is 9.02. The lowest BCUT2D eigenvalue weighted by Gasteiger charge is -2.32. The fraction of sp³-hybridized carbons (Fsp3) is 0.333. The first-order valence-electron chi connectivity index (χ1n) is 7.83. The van der Waals surface area contributed by atoms with E-state index in [1.54, 1.807) is 23.9 Å². The van der Waals surface area contributed by atoms with Crippen LogP contribution in [-0.2, 0) is 0 Å². The summed E-state index contributed by atoms with van der Waals surface area (Å²) in [5.74, 6) is 0.183. The second-order valence-corrected chi connectivity index (χ2v) is 7.83. The average molecular weight is 349 g/mol. The molecule has 0 spiro atoms. The number of benzene rings is 2. The van der Waals surface area contributed by atoms with Gasteiger partial charge in [0.15, 0.2) is 0 Å². The van der Waals surface area contributed by atoms with Crippen molar-refractivity contribution in [1.82, 2.24) is 4.90 Å². The van der Waals surface area contributed by atoms with E-state index in [1.807, 2.05) is 0 Å². The van der Waals surface area contributed by atoms with E-state index in [0.717, 1.165) is 18.0 Å². The molecule has 23 heavy (non-hydrogen) atoms. The Morgan fingerprint density at radius 3 is 3.00 bits per heavy atom. The van der Waals surface area contributed by atoms with Crippen molar-refractivity contribution in [3.05, 3.63) is 52.8 Å². The van der Waals surface area contributed by atoms with Gasteiger partial charge in [0.25, 0.3) is 0 Å². The van der Waals surface area contributed by atoms with E-state index in [2.05, 4.69) is 35.5 Å². The predicted molar refractivity (Wildman–Crippen MR) is 94.2 cm³/mol. The fourth-order valence-corrected chi connectivity index (χ4v) is 4.79. The number of likely N-dealkylation sites (tertiary alicyclic amines) is 1. The molecule has 0 bridgehead atoms. The van der Waals surface area contributed by atoms with Crippen LogP contribution in [0.4, 0.5) is 10.1 Å². The smallest absolute Gasteiger partial charge is 0.141 e. The van der Waals surface area contributed by atoms with Gasteiger partial charge in [-0.3, -0.25) is 0 Å².